The van der Waals surface area contributed by atoms with E-state index in [1.165, 1.54) is 21.5 Å². The maximum atomic E-state index is 8.60. The normalized spacial score (nSPS) is 11.5. The monoisotopic (exact) mass is 596 g/mol. The van der Waals surface area contributed by atoms with Gasteiger partial charge in [0, 0.05) is 11.1 Å². The number of hydrogen-bond donors (Lipinski definition) is 1. The van der Waals surface area contributed by atoms with Crippen LogP contribution in [0.4, 0.5) is 0 Å². The van der Waals surface area contributed by atoms with Crippen LogP contribution in [0.1, 0.15) is 5.56 Å². The highest BCUT2D eigenvalue weighted by molar-refractivity contribution is 8.01. The van der Waals surface area contributed by atoms with Crippen molar-refractivity contribution < 1.29 is 33.3 Å². The first-order valence-corrected chi connectivity index (χ1v) is 16.1. The molecule has 0 amide bonds. The van der Waals surface area contributed by atoms with Gasteiger partial charge in [-0.2, -0.15) is 19.0 Å². The number of aromatic nitrogens is 1. The van der Waals surface area contributed by atoms with Crippen LogP contribution in [0.15, 0.2) is 150 Å². The number of oxazole rings is 1. The van der Waals surface area contributed by atoms with Gasteiger partial charge in [0.2, 0.25) is 11.3 Å². The van der Waals surface area contributed by atoms with Gasteiger partial charge in [-0.05, 0) is 55.5 Å². The summed E-state index contributed by atoms with van der Waals surface area (Å²) in [4.78, 5) is 5.36. The molecule has 0 saturated carbocycles. The van der Waals surface area contributed by atoms with E-state index < -0.39 is 17.5 Å². The summed E-state index contributed by atoms with van der Waals surface area (Å²) in [6.45, 7) is 2.11. The van der Waals surface area contributed by atoms with Crippen LogP contribution in [0, 0.1) is 17.2 Å². The molecule has 1 heterocycles. The lowest BCUT2D eigenvalue weighted by Gasteiger charge is -2.25. The van der Waals surface area contributed by atoms with Crippen LogP contribution in [0.5, 0.6) is 0 Å². The molecule has 1 aromatic heterocycles. The van der Waals surface area contributed by atoms with Crippen molar-refractivity contribution in [2.75, 3.05) is 0 Å². The van der Waals surface area contributed by atoms with Crippen molar-refractivity contribution in [1.82, 2.24) is 4.98 Å². The molecule has 0 bridgehead atoms. The third kappa shape index (κ3) is 6.51. The van der Waals surface area contributed by atoms with E-state index in [1.807, 2.05) is 18.2 Å². The topological polar surface area (TPSA) is 115 Å². The Hall–Kier alpha value is -4.13. The summed E-state index contributed by atoms with van der Waals surface area (Å²) >= 11 is 0. The Balaban J connectivity index is 0.000000652. The molecular weight excluding hydrogens is 569 g/mol. The van der Waals surface area contributed by atoms with Crippen molar-refractivity contribution in [1.29, 1.82) is 0 Å². The molecule has 6 rings (SSSR count). The van der Waals surface area contributed by atoms with E-state index in [4.69, 9.17) is 28.0 Å². The quantitative estimate of drug-likeness (QED) is 0.296. The van der Waals surface area contributed by atoms with Crippen LogP contribution < -0.4 is 35.3 Å². The third-order valence-corrected chi connectivity index (χ3v) is 10.8. The van der Waals surface area contributed by atoms with Crippen molar-refractivity contribution >= 4 is 28.6 Å². The van der Waals surface area contributed by atoms with Crippen molar-refractivity contribution in [3.05, 3.63) is 151 Å². The molecule has 0 unspecified atom stereocenters. The van der Waals surface area contributed by atoms with Crippen LogP contribution in [0.2, 0.25) is 0 Å². The molecule has 0 saturated heterocycles. The van der Waals surface area contributed by atoms with Crippen LogP contribution in [0.3, 0.4) is 0 Å². The summed E-state index contributed by atoms with van der Waals surface area (Å²) in [5, 5.41) is 3.73. The zero-order chi connectivity index (χ0) is 29.6. The van der Waals surface area contributed by atoms with Gasteiger partial charge in [0.1, 0.15) is 15.9 Å². The number of rotatable bonds is 6. The summed E-state index contributed by atoms with van der Waals surface area (Å²) in [6, 6.07) is 51.2. The van der Waals surface area contributed by atoms with Gasteiger partial charge < -0.3 is 4.42 Å². The maximum Gasteiger partial charge on any atom is 0.245 e. The molecular formula is C34H28ClNO5P+. The molecule has 0 spiro atoms. The van der Waals surface area contributed by atoms with Gasteiger partial charge in [0.05, 0.1) is 14.9 Å². The smallest absolute Gasteiger partial charge is 0.245 e. The first kappa shape index (κ1) is 29.4. The van der Waals surface area contributed by atoms with Crippen LogP contribution in [0.25, 0.3) is 22.8 Å². The molecule has 0 radical (unpaired) electrons. The zero-order valence-corrected chi connectivity index (χ0v) is 24.4. The molecule has 0 aliphatic carbocycles. The van der Waals surface area contributed by atoms with E-state index in [9.17, 15) is 0 Å². The second-order valence-corrected chi connectivity index (χ2v) is 13.6. The highest BCUT2D eigenvalue weighted by Gasteiger charge is 2.52. The molecule has 0 atom stereocenters. The zero-order valence-electron chi connectivity index (χ0n) is 22.7. The standard InChI is InChI=1S/C34H27NOP.ClHO4/c1-26-22-24-27(25-23-26)32-34(35-33(36-32)28-14-6-2-7-15-28)37(29-16-8-3-9-17-29,30-18-10-4-11-19-30)31-20-12-5-13-21-31;2-1(3,4)5/h2-25H,1H3;(H,2,3,4,5)/q+1;. The van der Waals surface area contributed by atoms with Crippen molar-refractivity contribution in [2.45, 2.75) is 6.92 Å². The predicted molar refractivity (Wildman–Crippen MR) is 159 cm³/mol. The first-order valence-electron chi connectivity index (χ1n) is 13.1. The Morgan fingerprint density at radius 3 is 1.36 bits per heavy atom. The lowest BCUT2D eigenvalue weighted by molar-refractivity contribution is -1.92. The summed E-state index contributed by atoms with van der Waals surface area (Å²) < 4.78 is 39.4. The van der Waals surface area contributed by atoms with Crippen molar-refractivity contribution in [2.24, 2.45) is 0 Å². The average Bonchev–Trinajstić information content (AvgIpc) is 3.45. The summed E-state index contributed by atoms with van der Waals surface area (Å²) in [6.07, 6.45) is 0. The van der Waals surface area contributed by atoms with Gasteiger partial charge in [0.25, 0.3) is 0 Å². The van der Waals surface area contributed by atoms with Crippen molar-refractivity contribution in [3.63, 3.8) is 0 Å². The predicted octanol–water partition coefficient (Wildman–Crippen LogP) is 2.81. The number of aryl methyl sites for hydroxylation is 1. The minimum Gasteiger partial charge on any atom is -0.432 e. The van der Waals surface area contributed by atoms with Gasteiger partial charge in [-0.1, -0.05) is 103 Å². The lowest BCUT2D eigenvalue weighted by atomic mass is 10.1. The molecule has 8 heteroatoms. The van der Waals surface area contributed by atoms with Gasteiger partial charge in [-0.25, -0.2) is 0 Å². The molecule has 6 nitrogen and oxygen atoms in total. The second kappa shape index (κ2) is 12.8. The summed E-state index contributed by atoms with van der Waals surface area (Å²) in [5.41, 5.74) is 4.19. The lowest BCUT2D eigenvalue weighted by Crippen LogP contribution is -2.58. The molecule has 0 fully saturated rings. The highest BCUT2D eigenvalue weighted by Crippen LogP contribution is 2.56. The van der Waals surface area contributed by atoms with Crippen LogP contribution in [-0.4, -0.2) is 9.64 Å². The number of hydrogen-bond acceptors (Lipinski definition) is 6. The molecule has 6 aromatic rings. The van der Waals surface area contributed by atoms with E-state index in [2.05, 4.69) is 134 Å². The Morgan fingerprint density at radius 2 is 0.952 bits per heavy atom. The molecule has 0 aliphatic heterocycles. The molecule has 5 aromatic carbocycles. The Bertz CT molecular complexity index is 1600. The minimum absolute atomic E-state index is 0.637. The highest BCUT2D eigenvalue weighted by atomic mass is 35.7. The molecule has 42 heavy (non-hydrogen) atoms. The van der Waals surface area contributed by atoms with Crippen molar-refractivity contribution in [3.8, 4) is 22.8 Å². The SMILES string of the molecule is Cc1ccc(-c2oc(-c3ccccc3)nc2[P+](c2ccccc2)(c2ccccc2)c2ccccc2)cc1.[O-][Cl+3]([O-])([O-])O. The average molecular weight is 597 g/mol. The van der Waals surface area contributed by atoms with Gasteiger partial charge >= 0.3 is 0 Å². The fourth-order valence-electron chi connectivity index (χ4n) is 4.91. The van der Waals surface area contributed by atoms with Crippen LogP contribution in [-0.2, 0) is 0 Å². The second-order valence-electron chi connectivity index (χ2n) is 9.48. The third-order valence-electron chi connectivity index (χ3n) is 6.69. The Kier molecular flexibility index (Phi) is 8.95. The summed E-state index contributed by atoms with van der Waals surface area (Å²) in [5.74, 6) is 1.46. The minimum atomic E-state index is -4.69. The van der Waals surface area contributed by atoms with Crippen LogP contribution >= 0.6 is 7.26 Å². The fraction of sp³-hybridized carbons (Fsp3) is 0.0294. The number of nitrogens with zero attached hydrogens (tertiary/aromatic N) is 1. The molecule has 210 valence electrons. The van der Waals surface area contributed by atoms with E-state index >= 15 is 0 Å². The van der Waals surface area contributed by atoms with E-state index in [-0.39, 0.29) is 0 Å². The Labute approximate surface area is 247 Å². The van der Waals surface area contributed by atoms with Gasteiger partial charge in [-0.15, -0.1) is 0 Å². The maximum absolute atomic E-state index is 8.60. The first-order chi connectivity index (χ1) is 20.3. The van der Waals surface area contributed by atoms with E-state index in [0.717, 1.165) is 22.3 Å². The largest absolute Gasteiger partial charge is 0.432 e. The summed E-state index contributed by atoms with van der Waals surface area (Å²) in [7, 11) is -7.12. The van der Waals surface area contributed by atoms with Gasteiger partial charge in [0.15, 0.2) is 13.0 Å². The number of halogens is 1. The van der Waals surface area contributed by atoms with E-state index in [0.29, 0.717) is 5.89 Å². The molecule has 0 aliphatic rings. The van der Waals surface area contributed by atoms with Gasteiger partial charge in [-0.3, -0.25) is 0 Å². The fourth-order valence-corrected chi connectivity index (χ4v) is 9.11. The van der Waals surface area contributed by atoms with E-state index in [1.54, 1.807) is 0 Å². The Morgan fingerprint density at radius 1 is 0.571 bits per heavy atom. The molecule has 1 N–H and O–H groups in total. The number of benzene rings is 5.